The molecular formula is C18H20N6O2. The average molecular weight is 352 g/mol. The monoisotopic (exact) mass is 352 g/mol. The molecule has 0 heterocycles. The Labute approximate surface area is 150 Å². The molecule has 0 spiro atoms. The number of rotatable bonds is 5. The fourth-order valence-electron chi connectivity index (χ4n) is 2.31. The molecule has 8 heteroatoms. The number of hydrogen-bond donors (Lipinski definition) is 5. The number of anilines is 2. The van der Waals surface area contributed by atoms with Crippen LogP contribution in [-0.4, -0.2) is 35.7 Å². The van der Waals surface area contributed by atoms with Crippen LogP contribution in [0.5, 0.6) is 0 Å². The smallest absolute Gasteiger partial charge is 0.252 e. The minimum absolute atomic E-state index is 0.151. The number of aliphatic hydroxyl groups excluding tert-OH is 1. The van der Waals surface area contributed by atoms with Crippen LogP contribution < -0.4 is 11.1 Å². The lowest BCUT2D eigenvalue weighted by atomic mass is 9.98. The van der Waals surface area contributed by atoms with Crippen molar-refractivity contribution < 1.29 is 9.90 Å². The molecular weight excluding hydrogens is 332 g/mol. The van der Waals surface area contributed by atoms with Crippen molar-refractivity contribution in [1.29, 1.82) is 10.9 Å². The van der Waals surface area contributed by atoms with Gasteiger partial charge in [0.25, 0.3) is 5.91 Å². The van der Waals surface area contributed by atoms with Crippen molar-refractivity contribution in [2.75, 3.05) is 18.1 Å². The average Bonchev–Trinajstić information content (AvgIpc) is 2.63. The highest BCUT2D eigenvalue weighted by Gasteiger charge is 2.14. The van der Waals surface area contributed by atoms with Gasteiger partial charge in [-0.3, -0.25) is 15.2 Å². The minimum atomic E-state index is -1.13. The topological polar surface area (TPSA) is 148 Å². The molecule has 0 aliphatic carbocycles. The molecule has 2 rings (SSSR count). The van der Waals surface area contributed by atoms with Gasteiger partial charge in [-0.1, -0.05) is 12.1 Å². The Balaban J connectivity index is 2.39. The van der Waals surface area contributed by atoms with E-state index >= 15 is 0 Å². The maximum atomic E-state index is 11.6. The third-order valence-corrected chi connectivity index (χ3v) is 3.70. The molecule has 2 aromatic rings. The largest absolute Gasteiger partial charge is 0.398 e. The Morgan fingerprint density at radius 2 is 1.96 bits per heavy atom. The summed E-state index contributed by atoms with van der Waals surface area (Å²) >= 11 is 0. The molecule has 0 saturated carbocycles. The summed E-state index contributed by atoms with van der Waals surface area (Å²) < 4.78 is 0. The minimum Gasteiger partial charge on any atom is -0.398 e. The van der Waals surface area contributed by atoms with Crippen LogP contribution >= 0.6 is 0 Å². The first-order valence-corrected chi connectivity index (χ1v) is 7.79. The Hall–Kier alpha value is -3.39. The number of nitrogens with one attached hydrogen (secondary N) is 3. The van der Waals surface area contributed by atoms with E-state index in [1.807, 2.05) is 0 Å². The van der Waals surface area contributed by atoms with Crippen LogP contribution in [0.15, 0.2) is 52.6 Å². The van der Waals surface area contributed by atoms with Crippen LogP contribution in [0.1, 0.15) is 23.6 Å². The number of carbonyl (C=O) groups excluding carboxylic acids is 1. The predicted molar refractivity (Wildman–Crippen MR) is 101 cm³/mol. The van der Waals surface area contributed by atoms with E-state index in [2.05, 4.69) is 15.4 Å². The van der Waals surface area contributed by atoms with Crippen molar-refractivity contribution in [1.82, 2.24) is 0 Å². The number of amidine groups is 1. The van der Waals surface area contributed by atoms with Gasteiger partial charge in [0.15, 0.2) is 5.84 Å². The summed E-state index contributed by atoms with van der Waals surface area (Å²) in [6.45, 7) is 1.37. The molecule has 0 aliphatic heterocycles. The molecule has 0 aliphatic rings. The van der Waals surface area contributed by atoms with Gasteiger partial charge in [-0.2, -0.15) is 0 Å². The van der Waals surface area contributed by atoms with Crippen LogP contribution in [0.2, 0.25) is 0 Å². The molecule has 2 aromatic carbocycles. The third-order valence-electron chi connectivity index (χ3n) is 3.70. The van der Waals surface area contributed by atoms with E-state index in [4.69, 9.17) is 16.7 Å². The highest BCUT2D eigenvalue weighted by molar-refractivity contribution is 6.15. The fourth-order valence-corrected chi connectivity index (χ4v) is 2.31. The zero-order valence-corrected chi connectivity index (χ0v) is 14.4. The first kappa shape index (κ1) is 18.9. The lowest BCUT2D eigenvalue weighted by Gasteiger charge is -2.12. The normalized spacial score (nSPS) is 12.3. The lowest BCUT2D eigenvalue weighted by molar-refractivity contribution is -0.123. The molecule has 0 aromatic heterocycles. The summed E-state index contributed by atoms with van der Waals surface area (Å²) in [7, 11) is 1.53. The molecule has 0 unspecified atom stereocenters. The summed E-state index contributed by atoms with van der Waals surface area (Å²) in [4.78, 5) is 15.5. The van der Waals surface area contributed by atoms with Crippen LogP contribution in [-0.2, 0) is 4.79 Å². The predicted octanol–water partition coefficient (Wildman–Crippen LogP) is 2.41. The molecule has 6 N–H and O–H groups in total. The van der Waals surface area contributed by atoms with Gasteiger partial charge in [0, 0.05) is 35.1 Å². The van der Waals surface area contributed by atoms with Gasteiger partial charge in [0.1, 0.15) is 6.10 Å². The van der Waals surface area contributed by atoms with Crippen LogP contribution in [0.25, 0.3) is 0 Å². The molecule has 0 fully saturated rings. The Morgan fingerprint density at radius 3 is 2.58 bits per heavy atom. The number of hydrogen-bond acceptors (Lipinski definition) is 6. The van der Waals surface area contributed by atoms with Crippen LogP contribution in [0.3, 0.4) is 0 Å². The zero-order valence-electron chi connectivity index (χ0n) is 14.4. The molecule has 1 atom stereocenters. The van der Waals surface area contributed by atoms with Crippen molar-refractivity contribution >= 4 is 28.8 Å². The summed E-state index contributed by atoms with van der Waals surface area (Å²) in [5.74, 6) is -0.298. The van der Waals surface area contributed by atoms with E-state index in [-0.39, 0.29) is 11.5 Å². The van der Waals surface area contributed by atoms with E-state index in [1.165, 1.54) is 14.0 Å². The molecule has 0 bridgehead atoms. The first-order chi connectivity index (χ1) is 12.4. The second kappa shape index (κ2) is 8.13. The highest BCUT2D eigenvalue weighted by Crippen LogP contribution is 2.21. The van der Waals surface area contributed by atoms with E-state index < -0.39 is 12.0 Å². The van der Waals surface area contributed by atoms with Crippen molar-refractivity contribution in [3.05, 3.63) is 59.2 Å². The number of nitrogen functional groups attached to an aromatic ring is 1. The number of amides is 1. The molecule has 0 radical (unpaired) electrons. The highest BCUT2D eigenvalue weighted by atomic mass is 16.3. The van der Waals surface area contributed by atoms with Gasteiger partial charge in [0.05, 0.1) is 5.71 Å². The zero-order chi connectivity index (χ0) is 19.3. The van der Waals surface area contributed by atoms with E-state index in [0.717, 1.165) is 0 Å². The van der Waals surface area contributed by atoms with E-state index in [9.17, 15) is 9.90 Å². The van der Waals surface area contributed by atoms with Gasteiger partial charge >= 0.3 is 0 Å². The summed E-state index contributed by atoms with van der Waals surface area (Å²) in [6.07, 6.45) is -1.13. The summed E-state index contributed by atoms with van der Waals surface area (Å²) in [5, 5.41) is 23.7. The van der Waals surface area contributed by atoms with Crippen molar-refractivity contribution in [2.45, 2.75) is 13.0 Å². The van der Waals surface area contributed by atoms with Crippen LogP contribution in [0.4, 0.5) is 11.4 Å². The second-order valence-corrected chi connectivity index (χ2v) is 5.58. The Morgan fingerprint density at radius 1 is 1.23 bits per heavy atom. The molecule has 134 valence electrons. The van der Waals surface area contributed by atoms with Crippen molar-refractivity contribution in [3.8, 4) is 0 Å². The van der Waals surface area contributed by atoms with Crippen LogP contribution in [0, 0.1) is 10.9 Å². The van der Waals surface area contributed by atoms with Crippen molar-refractivity contribution in [2.24, 2.45) is 10.1 Å². The van der Waals surface area contributed by atoms with Crippen molar-refractivity contribution in [3.63, 3.8) is 0 Å². The third kappa shape index (κ3) is 4.17. The van der Waals surface area contributed by atoms with Gasteiger partial charge < -0.3 is 16.2 Å². The van der Waals surface area contributed by atoms with Gasteiger partial charge in [-0.25, -0.2) is 5.53 Å². The molecule has 1 amide bonds. The maximum Gasteiger partial charge on any atom is 0.252 e. The van der Waals surface area contributed by atoms with E-state index in [1.54, 1.807) is 42.5 Å². The number of aliphatic imine (C=N–C) groups is 1. The Bertz CT molecular complexity index is 889. The quantitative estimate of drug-likeness (QED) is 0.243. The first-order valence-electron chi connectivity index (χ1n) is 7.79. The fraction of sp³-hybridized carbons (Fsp3) is 0.167. The number of benzene rings is 2. The standard InChI is InChI=1S/C18H20N6O2/c1-10(25)18(26)23-13-5-3-4-11(8-13)16(20)14-9-12(6-7-15(14)19)17(22-2)24-21/h3-10,20-21,25H,19H2,1-2H3,(H,23,26)/t10-/m0/s1. The number of nitrogens with two attached hydrogens (primary N) is 1. The van der Waals surface area contributed by atoms with Gasteiger partial charge in [-0.05, 0) is 37.3 Å². The molecule has 0 saturated heterocycles. The Kier molecular flexibility index (Phi) is 5.92. The lowest BCUT2D eigenvalue weighted by Crippen LogP contribution is -2.24. The number of aliphatic hydroxyl groups is 1. The number of nitrogens with zero attached hydrogens (tertiary/aromatic N) is 2. The summed E-state index contributed by atoms with van der Waals surface area (Å²) in [5.41, 5.74) is 15.8. The second-order valence-electron chi connectivity index (χ2n) is 5.58. The van der Waals surface area contributed by atoms with Gasteiger partial charge in [-0.15, -0.1) is 5.11 Å². The SMILES string of the molecule is CN=C(N=N)c1ccc(N)c(C(=N)c2cccc(NC(=O)[C@H](C)O)c2)c1. The maximum absolute atomic E-state index is 11.6. The number of carbonyl (C=O) groups is 1. The molecule has 26 heavy (non-hydrogen) atoms. The molecule has 8 nitrogen and oxygen atoms in total. The summed E-state index contributed by atoms with van der Waals surface area (Å²) in [6, 6.07) is 11.7. The van der Waals surface area contributed by atoms with E-state index in [0.29, 0.717) is 28.1 Å². The van der Waals surface area contributed by atoms with Gasteiger partial charge in [0.2, 0.25) is 0 Å².